The van der Waals surface area contributed by atoms with Gasteiger partial charge in [-0.2, -0.15) is 0 Å². The third kappa shape index (κ3) is 2.05. The Morgan fingerprint density at radius 1 is 1.43 bits per heavy atom. The molecule has 0 saturated carbocycles. The number of hydrogen-bond acceptors (Lipinski definition) is 4. The first kappa shape index (κ1) is 11.0. The van der Waals surface area contributed by atoms with Gasteiger partial charge in [0.15, 0.2) is 0 Å². The summed E-state index contributed by atoms with van der Waals surface area (Å²) < 4.78 is 9.80. The van der Waals surface area contributed by atoms with Gasteiger partial charge in [0.25, 0.3) is 0 Å². The van der Waals surface area contributed by atoms with Crippen molar-refractivity contribution in [3.8, 4) is 0 Å². The quantitative estimate of drug-likeness (QED) is 0.641. The maximum atomic E-state index is 11.4. The van der Waals surface area contributed by atoms with Crippen molar-refractivity contribution in [1.29, 1.82) is 0 Å². The van der Waals surface area contributed by atoms with Crippen LogP contribution in [-0.4, -0.2) is 24.1 Å². The van der Waals surface area contributed by atoms with Gasteiger partial charge in [-0.3, -0.25) is 4.79 Å². The van der Waals surface area contributed by atoms with Gasteiger partial charge in [0.1, 0.15) is 12.0 Å². The molecule has 0 aromatic rings. The average Bonchev–Trinajstić information content (AvgIpc) is 2.12. The van der Waals surface area contributed by atoms with Crippen LogP contribution in [0.3, 0.4) is 0 Å². The number of esters is 2. The molecule has 3 atom stereocenters. The van der Waals surface area contributed by atoms with E-state index >= 15 is 0 Å². The molecule has 1 heterocycles. The Labute approximate surface area is 83.6 Å². The van der Waals surface area contributed by atoms with Crippen LogP contribution < -0.4 is 0 Å². The molecule has 1 aliphatic rings. The fourth-order valence-electron chi connectivity index (χ4n) is 1.02. The lowest BCUT2D eigenvalue weighted by Gasteiger charge is -2.31. The van der Waals surface area contributed by atoms with Crippen LogP contribution in [0.4, 0.5) is 0 Å². The van der Waals surface area contributed by atoms with E-state index in [-0.39, 0.29) is 23.9 Å². The monoisotopic (exact) mass is 200 g/mol. The Bertz CT molecular complexity index is 247. The second-order valence-corrected chi connectivity index (χ2v) is 4.03. The highest BCUT2D eigenvalue weighted by Gasteiger charge is 2.45. The van der Waals surface area contributed by atoms with Crippen molar-refractivity contribution in [2.24, 2.45) is 11.8 Å². The molecule has 4 nitrogen and oxygen atoms in total. The lowest BCUT2D eigenvalue weighted by molar-refractivity contribution is -0.199. The van der Waals surface area contributed by atoms with Gasteiger partial charge in [-0.25, -0.2) is 4.79 Å². The summed E-state index contributed by atoms with van der Waals surface area (Å²) in [6, 6.07) is 0. The predicted molar refractivity (Wildman–Crippen MR) is 49.4 cm³/mol. The lowest BCUT2D eigenvalue weighted by atomic mass is 9.99. The third-order valence-electron chi connectivity index (χ3n) is 2.54. The highest BCUT2D eigenvalue weighted by Crippen LogP contribution is 2.23. The fourth-order valence-corrected chi connectivity index (χ4v) is 1.02. The van der Waals surface area contributed by atoms with Gasteiger partial charge in [-0.15, -0.1) is 0 Å². The highest BCUT2D eigenvalue weighted by atomic mass is 16.6. The van der Waals surface area contributed by atoms with E-state index in [0.717, 1.165) is 0 Å². The number of rotatable bonds is 3. The van der Waals surface area contributed by atoms with Crippen molar-refractivity contribution < 1.29 is 19.1 Å². The topological polar surface area (TPSA) is 52.6 Å². The van der Waals surface area contributed by atoms with Crippen molar-refractivity contribution in [3.05, 3.63) is 0 Å². The molecule has 4 heteroatoms. The van der Waals surface area contributed by atoms with E-state index in [0.29, 0.717) is 0 Å². The summed E-state index contributed by atoms with van der Waals surface area (Å²) in [6.07, 6.45) is -0.835. The number of hydrogen-bond donors (Lipinski definition) is 0. The molecule has 0 bridgehead atoms. The zero-order chi connectivity index (χ0) is 10.9. The molecule has 1 fully saturated rings. The van der Waals surface area contributed by atoms with Crippen LogP contribution in [0.25, 0.3) is 0 Å². The van der Waals surface area contributed by atoms with Gasteiger partial charge < -0.3 is 9.47 Å². The van der Waals surface area contributed by atoms with Gasteiger partial charge in [-0.05, 0) is 19.8 Å². The summed E-state index contributed by atoms with van der Waals surface area (Å²) in [7, 11) is 0. The summed E-state index contributed by atoms with van der Waals surface area (Å²) >= 11 is 0. The largest absolute Gasteiger partial charge is 0.460 e. The van der Waals surface area contributed by atoms with Gasteiger partial charge >= 0.3 is 11.9 Å². The van der Waals surface area contributed by atoms with E-state index in [9.17, 15) is 9.59 Å². The molecule has 1 rings (SSSR count). The molecular formula is C10H16O4. The van der Waals surface area contributed by atoms with E-state index in [1.54, 1.807) is 6.92 Å². The molecular weight excluding hydrogens is 184 g/mol. The summed E-state index contributed by atoms with van der Waals surface area (Å²) in [6.45, 7) is 7.42. The van der Waals surface area contributed by atoms with Crippen molar-refractivity contribution in [1.82, 2.24) is 0 Å². The predicted octanol–water partition coefficient (Wildman–Crippen LogP) is 1.14. The lowest BCUT2D eigenvalue weighted by Crippen LogP contribution is -2.49. The molecule has 0 spiro atoms. The SMILES string of the molecule is CC(C)[C@H](C)OC(=O)[C@H]1OC(=O)[C@H]1C. The molecule has 0 aromatic carbocycles. The molecule has 80 valence electrons. The van der Waals surface area contributed by atoms with Crippen LogP contribution in [0.2, 0.25) is 0 Å². The second kappa shape index (κ2) is 3.98. The zero-order valence-electron chi connectivity index (χ0n) is 8.94. The molecule has 0 aliphatic carbocycles. The molecule has 0 aromatic heterocycles. The van der Waals surface area contributed by atoms with E-state index in [2.05, 4.69) is 4.74 Å². The van der Waals surface area contributed by atoms with Gasteiger partial charge in [0.2, 0.25) is 6.10 Å². The normalized spacial score (nSPS) is 27.9. The minimum atomic E-state index is -0.691. The van der Waals surface area contributed by atoms with Crippen molar-refractivity contribution in [2.75, 3.05) is 0 Å². The van der Waals surface area contributed by atoms with Crippen LogP contribution in [0.5, 0.6) is 0 Å². The van der Waals surface area contributed by atoms with E-state index < -0.39 is 12.1 Å². The summed E-state index contributed by atoms with van der Waals surface area (Å²) in [4.78, 5) is 22.1. The Balaban J connectivity index is 2.40. The van der Waals surface area contributed by atoms with Crippen LogP contribution in [0, 0.1) is 11.8 Å². The third-order valence-corrected chi connectivity index (χ3v) is 2.54. The average molecular weight is 200 g/mol. The zero-order valence-corrected chi connectivity index (χ0v) is 8.94. The van der Waals surface area contributed by atoms with E-state index in [4.69, 9.17) is 4.74 Å². The van der Waals surface area contributed by atoms with Gasteiger partial charge in [0.05, 0.1) is 0 Å². The molecule has 0 amide bonds. The van der Waals surface area contributed by atoms with Gasteiger partial charge in [-0.1, -0.05) is 13.8 Å². The smallest absolute Gasteiger partial charge is 0.348 e. The van der Waals surface area contributed by atoms with Crippen LogP contribution in [-0.2, 0) is 19.1 Å². The summed E-state index contributed by atoms with van der Waals surface area (Å²) in [5.41, 5.74) is 0. The van der Waals surface area contributed by atoms with Crippen molar-refractivity contribution in [3.63, 3.8) is 0 Å². The molecule has 0 radical (unpaired) electrons. The minimum Gasteiger partial charge on any atom is -0.460 e. The number of cyclic esters (lactones) is 1. The van der Waals surface area contributed by atoms with Crippen molar-refractivity contribution in [2.45, 2.75) is 39.9 Å². The van der Waals surface area contributed by atoms with E-state index in [1.165, 1.54) is 0 Å². The Hall–Kier alpha value is -1.06. The van der Waals surface area contributed by atoms with Crippen LogP contribution >= 0.6 is 0 Å². The molecule has 0 N–H and O–H groups in total. The van der Waals surface area contributed by atoms with Crippen LogP contribution in [0.15, 0.2) is 0 Å². The summed E-state index contributed by atoms with van der Waals surface area (Å²) in [5, 5.41) is 0. The Morgan fingerprint density at radius 2 is 2.00 bits per heavy atom. The first-order chi connectivity index (χ1) is 6.43. The first-order valence-electron chi connectivity index (χ1n) is 4.84. The maximum absolute atomic E-state index is 11.4. The second-order valence-electron chi connectivity index (χ2n) is 4.03. The standard InChI is InChI=1S/C10H16O4/c1-5(2)7(4)13-10(12)8-6(3)9(11)14-8/h5-8H,1-4H3/t6-,7-,8-/m0/s1. The summed E-state index contributed by atoms with van der Waals surface area (Å²) in [5.74, 6) is -0.852. The van der Waals surface area contributed by atoms with Gasteiger partial charge in [0, 0.05) is 0 Å². The number of carbonyl (C=O) groups is 2. The van der Waals surface area contributed by atoms with E-state index in [1.807, 2.05) is 20.8 Å². The number of carbonyl (C=O) groups excluding carboxylic acids is 2. The molecule has 0 unspecified atom stereocenters. The minimum absolute atomic E-state index is 0.144. The fraction of sp³-hybridized carbons (Fsp3) is 0.800. The highest BCUT2D eigenvalue weighted by molar-refractivity contribution is 5.91. The maximum Gasteiger partial charge on any atom is 0.348 e. The molecule has 1 saturated heterocycles. The number of ether oxygens (including phenoxy) is 2. The van der Waals surface area contributed by atoms with Crippen molar-refractivity contribution >= 4 is 11.9 Å². The first-order valence-corrected chi connectivity index (χ1v) is 4.84. The molecule has 14 heavy (non-hydrogen) atoms. The Morgan fingerprint density at radius 3 is 2.36 bits per heavy atom. The Kier molecular flexibility index (Phi) is 3.13. The van der Waals surface area contributed by atoms with Crippen LogP contribution in [0.1, 0.15) is 27.7 Å². The molecule has 1 aliphatic heterocycles.